The molecular formula is C20H33N3O2. The topological polar surface area (TPSA) is 55.8 Å². The second kappa shape index (κ2) is 9.78. The Balaban J connectivity index is 1.94. The van der Waals surface area contributed by atoms with E-state index in [0.29, 0.717) is 12.6 Å². The van der Waals surface area contributed by atoms with Crippen molar-refractivity contribution >= 4 is 6.03 Å². The molecule has 2 N–H and O–H groups in total. The number of aliphatic hydroxyl groups is 1. The molecule has 2 amide bonds. The number of aliphatic hydroxyl groups excluding tert-OH is 1. The van der Waals surface area contributed by atoms with Crippen molar-refractivity contribution in [1.29, 1.82) is 0 Å². The van der Waals surface area contributed by atoms with E-state index in [0.717, 1.165) is 12.1 Å². The van der Waals surface area contributed by atoms with Gasteiger partial charge in [-0.2, -0.15) is 0 Å². The average molecular weight is 348 g/mol. The minimum absolute atomic E-state index is 0.0350. The van der Waals surface area contributed by atoms with E-state index in [1.165, 1.54) is 42.6 Å². The summed E-state index contributed by atoms with van der Waals surface area (Å²) in [4.78, 5) is 16.2. The van der Waals surface area contributed by atoms with E-state index in [4.69, 9.17) is 0 Å². The van der Waals surface area contributed by atoms with E-state index in [1.807, 2.05) is 13.0 Å². The molecule has 5 heteroatoms. The Labute approximate surface area is 152 Å². The molecule has 0 aliphatic heterocycles. The lowest BCUT2D eigenvalue weighted by atomic mass is 9.94. The Kier molecular flexibility index (Phi) is 7.72. The molecule has 0 saturated heterocycles. The summed E-state index contributed by atoms with van der Waals surface area (Å²) in [6, 6.07) is 8.65. The fourth-order valence-corrected chi connectivity index (χ4v) is 3.42. The molecule has 1 unspecified atom stereocenters. The number of hydrogen-bond acceptors (Lipinski definition) is 3. The van der Waals surface area contributed by atoms with Crippen LogP contribution in [0.4, 0.5) is 4.79 Å². The first-order valence-corrected chi connectivity index (χ1v) is 9.41. The minimum Gasteiger partial charge on any atom is -0.394 e. The van der Waals surface area contributed by atoms with Gasteiger partial charge >= 0.3 is 6.03 Å². The Hall–Kier alpha value is -1.59. The summed E-state index contributed by atoms with van der Waals surface area (Å²) in [6.45, 7) is 3.22. The van der Waals surface area contributed by atoms with Crippen LogP contribution in [-0.2, 0) is 13.1 Å². The lowest BCUT2D eigenvalue weighted by molar-refractivity contribution is 0.157. The summed E-state index contributed by atoms with van der Waals surface area (Å²) in [5.74, 6) is 0. The van der Waals surface area contributed by atoms with E-state index in [2.05, 4.69) is 35.5 Å². The van der Waals surface area contributed by atoms with Gasteiger partial charge in [-0.25, -0.2) is 4.79 Å². The van der Waals surface area contributed by atoms with E-state index in [9.17, 15) is 9.90 Å². The maximum absolute atomic E-state index is 12.2. The molecule has 0 aromatic heterocycles. The fraction of sp³-hybridized carbons (Fsp3) is 0.650. The van der Waals surface area contributed by atoms with Gasteiger partial charge in [0.15, 0.2) is 0 Å². The maximum Gasteiger partial charge on any atom is 0.317 e. The van der Waals surface area contributed by atoms with Crippen molar-refractivity contribution in [2.45, 2.75) is 64.2 Å². The van der Waals surface area contributed by atoms with Crippen LogP contribution in [0.5, 0.6) is 0 Å². The molecule has 0 radical (unpaired) electrons. The SMILES string of the molecule is CC(CO)N(C)C(=O)NCc1ccccc1CN(C)C1CCCCC1. The third-order valence-electron chi connectivity index (χ3n) is 5.41. The number of carbonyl (C=O) groups is 1. The third-order valence-corrected chi connectivity index (χ3v) is 5.41. The molecule has 0 bridgehead atoms. The van der Waals surface area contributed by atoms with Crippen LogP contribution in [0.3, 0.4) is 0 Å². The van der Waals surface area contributed by atoms with Crippen LogP contribution in [0.2, 0.25) is 0 Å². The number of likely N-dealkylation sites (N-methyl/N-ethyl adjacent to an activating group) is 1. The molecule has 0 heterocycles. The molecule has 1 aliphatic carbocycles. The van der Waals surface area contributed by atoms with E-state index in [-0.39, 0.29) is 18.7 Å². The first-order chi connectivity index (χ1) is 12.0. The molecule has 1 aliphatic rings. The Morgan fingerprint density at radius 1 is 1.20 bits per heavy atom. The van der Waals surface area contributed by atoms with Gasteiger partial charge in [0.2, 0.25) is 0 Å². The predicted octanol–water partition coefficient (Wildman–Crippen LogP) is 2.97. The summed E-state index contributed by atoms with van der Waals surface area (Å²) in [7, 11) is 3.92. The molecule has 1 saturated carbocycles. The molecule has 5 nitrogen and oxygen atoms in total. The normalized spacial score (nSPS) is 16.7. The lowest BCUT2D eigenvalue weighted by Crippen LogP contribution is -2.43. The van der Waals surface area contributed by atoms with Crippen molar-refractivity contribution < 1.29 is 9.90 Å². The summed E-state index contributed by atoms with van der Waals surface area (Å²) in [5, 5.41) is 12.1. The summed E-state index contributed by atoms with van der Waals surface area (Å²) >= 11 is 0. The average Bonchev–Trinajstić information content (AvgIpc) is 2.66. The predicted molar refractivity (Wildman–Crippen MR) is 101 cm³/mol. The van der Waals surface area contributed by atoms with Crippen LogP contribution in [0, 0.1) is 0 Å². The van der Waals surface area contributed by atoms with E-state index < -0.39 is 0 Å². The zero-order valence-corrected chi connectivity index (χ0v) is 15.9. The third kappa shape index (κ3) is 5.72. The summed E-state index contributed by atoms with van der Waals surface area (Å²) in [5.41, 5.74) is 2.43. The molecule has 1 aromatic rings. The first kappa shape index (κ1) is 19.7. The number of urea groups is 1. The number of nitrogens with one attached hydrogen (secondary N) is 1. The lowest BCUT2D eigenvalue weighted by Gasteiger charge is -2.31. The van der Waals surface area contributed by atoms with Gasteiger partial charge in [-0.05, 0) is 37.9 Å². The van der Waals surface area contributed by atoms with Crippen molar-refractivity contribution in [2.75, 3.05) is 20.7 Å². The molecule has 25 heavy (non-hydrogen) atoms. The van der Waals surface area contributed by atoms with Crippen molar-refractivity contribution in [3.63, 3.8) is 0 Å². The molecular weight excluding hydrogens is 314 g/mol. The quantitative estimate of drug-likeness (QED) is 0.797. The van der Waals surface area contributed by atoms with Crippen molar-refractivity contribution in [2.24, 2.45) is 0 Å². The number of rotatable bonds is 7. The van der Waals surface area contributed by atoms with Crippen LogP contribution in [-0.4, -0.2) is 53.7 Å². The first-order valence-electron chi connectivity index (χ1n) is 9.41. The van der Waals surface area contributed by atoms with Gasteiger partial charge in [0.05, 0.1) is 12.6 Å². The highest BCUT2D eigenvalue weighted by molar-refractivity contribution is 5.74. The number of nitrogens with zero attached hydrogens (tertiary/aromatic N) is 2. The number of amides is 2. The van der Waals surface area contributed by atoms with Crippen LogP contribution >= 0.6 is 0 Å². The Morgan fingerprint density at radius 2 is 1.84 bits per heavy atom. The number of hydrogen-bond donors (Lipinski definition) is 2. The van der Waals surface area contributed by atoms with Crippen LogP contribution in [0.15, 0.2) is 24.3 Å². The second-order valence-electron chi connectivity index (χ2n) is 7.28. The van der Waals surface area contributed by atoms with Crippen molar-refractivity contribution in [3.8, 4) is 0 Å². The minimum atomic E-state index is -0.187. The van der Waals surface area contributed by atoms with Gasteiger partial charge < -0.3 is 15.3 Å². The van der Waals surface area contributed by atoms with Gasteiger partial charge in [0, 0.05) is 26.2 Å². The zero-order chi connectivity index (χ0) is 18.2. The summed E-state index contributed by atoms with van der Waals surface area (Å²) < 4.78 is 0. The fourth-order valence-electron chi connectivity index (χ4n) is 3.42. The highest BCUT2D eigenvalue weighted by Gasteiger charge is 2.19. The van der Waals surface area contributed by atoms with E-state index >= 15 is 0 Å². The smallest absolute Gasteiger partial charge is 0.317 e. The van der Waals surface area contributed by atoms with E-state index in [1.54, 1.807) is 7.05 Å². The van der Waals surface area contributed by atoms with Crippen molar-refractivity contribution in [3.05, 3.63) is 35.4 Å². The van der Waals surface area contributed by atoms with Crippen molar-refractivity contribution in [1.82, 2.24) is 15.1 Å². The highest BCUT2D eigenvalue weighted by Crippen LogP contribution is 2.23. The highest BCUT2D eigenvalue weighted by atomic mass is 16.3. The molecule has 2 rings (SSSR count). The summed E-state index contributed by atoms with van der Waals surface area (Å²) in [6.07, 6.45) is 6.62. The second-order valence-corrected chi connectivity index (χ2v) is 7.28. The standard InChI is InChI=1S/C20H33N3O2/c1-16(15-24)23(3)20(25)21-13-17-9-7-8-10-18(17)14-22(2)19-11-5-4-6-12-19/h7-10,16,19,24H,4-6,11-15H2,1-3H3,(H,21,25). The molecule has 1 aromatic carbocycles. The van der Waals surface area contributed by atoms with Gasteiger partial charge in [-0.3, -0.25) is 4.90 Å². The molecule has 0 spiro atoms. The maximum atomic E-state index is 12.2. The molecule has 140 valence electrons. The van der Waals surface area contributed by atoms with Crippen LogP contribution in [0.1, 0.15) is 50.2 Å². The largest absolute Gasteiger partial charge is 0.394 e. The number of benzene rings is 1. The van der Waals surface area contributed by atoms with Gasteiger partial charge in [0.25, 0.3) is 0 Å². The molecule has 1 fully saturated rings. The monoisotopic (exact) mass is 347 g/mol. The molecule has 1 atom stereocenters. The zero-order valence-electron chi connectivity index (χ0n) is 15.9. The van der Waals surface area contributed by atoms with Gasteiger partial charge in [-0.15, -0.1) is 0 Å². The van der Waals surface area contributed by atoms with Gasteiger partial charge in [-0.1, -0.05) is 43.5 Å². The van der Waals surface area contributed by atoms with Crippen LogP contribution in [0.25, 0.3) is 0 Å². The Bertz CT molecular complexity index is 543. The number of carbonyl (C=O) groups excluding carboxylic acids is 1. The van der Waals surface area contributed by atoms with Gasteiger partial charge in [0.1, 0.15) is 0 Å². The Morgan fingerprint density at radius 3 is 2.48 bits per heavy atom. The van der Waals surface area contributed by atoms with Crippen LogP contribution < -0.4 is 5.32 Å².